The molecule has 1 saturated heterocycles. The molecule has 10 heteroatoms. The van der Waals surface area contributed by atoms with Crippen LogP contribution in [-0.2, 0) is 11.8 Å². The summed E-state index contributed by atoms with van der Waals surface area (Å²) in [7, 11) is 1.66. The summed E-state index contributed by atoms with van der Waals surface area (Å²) in [6.45, 7) is 4.11. The summed E-state index contributed by atoms with van der Waals surface area (Å²) in [6, 6.07) is 19.5. The van der Waals surface area contributed by atoms with Gasteiger partial charge in [-0.05, 0) is 67.1 Å². The van der Waals surface area contributed by atoms with Crippen molar-refractivity contribution in [2.45, 2.75) is 11.8 Å². The van der Waals surface area contributed by atoms with Gasteiger partial charge in [-0.1, -0.05) is 12.1 Å². The molecule has 0 bridgehead atoms. The molecule has 4 aromatic rings. The summed E-state index contributed by atoms with van der Waals surface area (Å²) in [5.41, 5.74) is 4.21. The monoisotopic (exact) mass is 555 g/mol. The second kappa shape index (κ2) is 11.8. The fraction of sp³-hybridized carbons (Fsp3) is 0.200. The molecule has 204 valence electrons. The molecular weight excluding hydrogens is 526 g/mol. The first-order valence-corrected chi connectivity index (χ1v) is 13.3. The Morgan fingerprint density at radius 3 is 2.33 bits per heavy atom. The molecule has 0 atom stereocenters. The Morgan fingerprint density at radius 2 is 1.62 bits per heavy atom. The zero-order chi connectivity index (χ0) is 28.2. The second-order valence-corrected chi connectivity index (χ2v) is 9.99. The molecule has 1 aliphatic heterocycles. The van der Waals surface area contributed by atoms with Crippen LogP contribution in [-0.4, -0.2) is 52.6 Å². The number of nitrogens with one attached hydrogen (secondary N) is 2. The lowest BCUT2D eigenvalue weighted by molar-refractivity contribution is 0.0303. The zero-order valence-corrected chi connectivity index (χ0v) is 23.1. The van der Waals surface area contributed by atoms with Crippen molar-refractivity contribution in [2.24, 2.45) is 7.05 Å². The molecule has 9 nitrogen and oxygen atoms in total. The topological polar surface area (TPSA) is 106 Å². The van der Waals surface area contributed by atoms with Crippen molar-refractivity contribution >= 4 is 41.6 Å². The number of benzene rings is 3. The Balaban J connectivity index is 1.37. The van der Waals surface area contributed by atoms with Gasteiger partial charge >= 0.3 is 0 Å². The summed E-state index contributed by atoms with van der Waals surface area (Å²) >= 11 is 4.27. The number of morpholine rings is 1. The average molecular weight is 556 g/mol. The highest BCUT2D eigenvalue weighted by molar-refractivity contribution is 7.80. The smallest absolute Gasteiger partial charge is 0.293 e. The standard InChI is InChI=1S/C30H29N5O4S/c1-19-24(4-3-5-25(19)33-28(36)20-8-12-23(40)13-9-20)26-18-34(2)30(38)27(32-26)31-22-10-6-21(7-11-22)29(37)35-14-16-39-17-15-35/h3-13,18,40H,14-17H2,1-2H3,(H,31,32)(H,33,36). The van der Waals surface area contributed by atoms with E-state index in [-0.39, 0.29) is 23.2 Å². The van der Waals surface area contributed by atoms with Gasteiger partial charge in [0.2, 0.25) is 0 Å². The van der Waals surface area contributed by atoms with Gasteiger partial charge in [0.15, 0.2) is 5.82 Å². The van der Waals surface area contributed by atoms with Crippen LogP contribution in [0.1, 0.15) is 26.3 Å². The lowest BCUT2D eigenvalue weighted by atomic mass is 10.0. The molecule has 2 heterocycles. The molecule has 2 N–H and O–H groups in total. The van der Waals surface area contributed by atoms with Crippen LogP contribution in [0.25, 0.3) is 11.3 Å². The largest absolute Gasteiger partial charge is 0.378 e. The minimum atomic E-state index is -0.299. The van der Waals surface area contributed by atoms with Crippen LogP contribution in [0.5, 0.6) is 0 Å². The van der Waals surface area contributed by atoms with Crippen molar-refractivity contribution in [1.82, 2.24) is 14.5 Å². The average Bonchev–Trinajstić information content (AvgIpc) is 2.97. The maximum atomic E-state index is 12.9. The quantitative estimate of drug-likeness (QED) is 0.303. The molecule has 1 aliphatic rings. The van der Waals surface area contributed by atoms with Crippen LogP contribution < -0.4 is 16.2 Å². The number of hydrogen-bond donors (Lipinski definition) is 3. The van der Waals surface area contributed by atoms with Crippen molar-refractivity contribution in [3.8, 4) is 11.3 Å². The lowest BCUT2D eigenvalue weighted by Crippen LogP contribution is -2.40. The minimum Gasteiger partial charge on any atom is -0.378 e. The fourth-order valence-electron chi connectivity index (χ4n) is 4.46. The van der Waals surface area contributed by atoms with E-state index in [1.165, 1.54) is 4.57 Å². The van der Waals surface area contributed by atoms with Crippen LogP contribution >= 0.6 is 12.6 Å². The lowest BCUT2D eigenvalue weighted by Gasteiger charge is -2.26. The van der Waals surface area contributed by atoms with Crippen LogP contribution in [0.3, 0.4) is 0 Å². The van der Waals surface area contributed by atoms with E-state index in [9.17, 15) is 14.4 Å². The van der Waals surface area contributed by atoms with Gasteiger partial charge in [-0.25, -0.2) is 4.98 Å². The number of aromatic nitrogens is 2. The van der Waals surface area contributed by atoms with Gasteiger partial charge in [0.25, 0.3) is 17.4 Å². The molecule has 40 heavy (non-hydrogen) atoms. The molecule has 3 aromatic carbocycles. The summed E-state index contributed by atoms with van der Waals surface area (Å²) in [6.07, 6.45) is 1.66. The minimum absolute atomic E-state index is 0.0490. The van der Waals surface area contributed by atoms with Crippen molar-refractivity contribution in [1.29, 1.82) is 0 Å². The van der Waals surface area contributed by atoms with Gasteiger partial charge in [0.05, 0.1) is 18.9 Å². The van der Waals surface area contributed by atoms with E-state index < -0.39 is 0 Å². The SMILES string of the molecule is Cc1c(NC(=O)c2ccc(S)cc2)cccc1-c1cn(C)c(=O)c(Nc2ccc(C(=O)N3CCOCC3)cc2)n1. The first-order chi connectivity index (χ1) is 19.3. The number of thiol groups is 1. The van der Waals surface area contributed by atoms with E-state index in [4.69, 9.17) is 4.74 Å². The fourth-order valence-corrected chi connectivity index (χ4v) is 4.60. The number of aryl methyl sites for hydroxylation is 1. The number of amides is 2. The Bertz CT molecular complexity index is 1610. The highest BCUT2D eigenvalue weighted by Crippen LogP contribution is 2.28. The third-order valence-electron chi connectivity index (χ3n) is 6.75. The Labute approximate surface area is 237 Å². The molecule has 1 aromatic heterocycles. The van der Waals surface area contributed by atoms with E-state index in [2.05, 4.69) is 28.2 Å². The Hall–Kier alpha value is -4.41. The zero-order valence-electron chi connectivity index (χ0n) is 22.2. The molecule has 1 fully saturated rings. The van der Waals surface area contributed by atoms with Crippen molar-refractivity contribution in [3.63, 3.8) is 0 Å². The first-order valence-electron chi connectivity index (χ1n) is 12.8. The summed E-state index contributed by atoms with van der Waals surface area (Å²) in [5.74, 6) is -0.139. The number of carbonyl (C=O) groups is 2. The van der Waals surface area contributed by atoms with Crippen molar-refractivity contribution in [3.05, 3.63) is 100.0 Å². The molecule has 0 aliphatic carbocycles. The van der Waals surface area contributed by atoms with Gasteiger partial charge < -0.3 is 24.8 Å². The van der Waals surface area contributed by atoms with Crippen LogP contribution in [0.2, 0.25) is 0 Å². The molecule has 0 spiro atoms. The predicted molar refractivity (Wildman–Crippen MR) is 158 cm³/mol. The van der Waals surface area contributed by atoms with E-state index in [0.29, 0.717) is 54.5 Å². The Kier molecular flexibility index (Phi) is 7.99. The second-order valence-electron chi connectivity index (χ2n) is 9.48. The van der Waals surface area contributed by atoms with E-state index in [1.807, 2.05) is 25.1 Å². The van der Waals surface area contributed by atoms with Gasteiger partial charge in [0, 0.05) is 59.3 Å². The molecule has 0 saturated carbocycles. The highest BCUT2D eigenvalue weighted by Gasteiger charge is 2.19. The number of anilines is 3. The van der Waals surface area contributed by atoms with Gasteiger partial charge in [-0.3, -0.25) is 14.4 Å². The van der Waals surface area contributed by atoms with Gasteiger partial charge in [0.1, 0.15) is 0 Å². The number of hydrogen-bond acceptors (Lipinski definition) is 7. The third-order valence-corrected chi connectivity index (χ3v) is 7.05. The Morgan fingerprint density at radius 1 is 0.950 bits per heavy atom. The van der Waals surface area contributed by atoms with Crippen LogP contribution in [0, 0.1) is 6.92 Å². The number of ether oxygens (including phenoxy) is 1. The summed E-state index contributed by atoms with van der Waals surface area (Å²) in [4.78, 5) is 45.6. The molecule has 5 rings (SSSR count). The van der Waals surface area contributed by atoms with E-state index in [0.717, 1.165) is 16.0 Å². The maximum Gasteiger partial charge on any atom is 0.293 e. The number of rotatable bonds is 6. The molecule has 0 unspecified atom stereocenters. The van der Waals surface area contributed by atoms with E-state index >= 15 is 0 Å². The van der Waals surface area contributed by atoms with Crippen molar-refractivity contribution in [2.75, 3.05) is 36.9 Å². The molecule has 2 amide bonds. The molecular formula is C30H29N5O4S. The molecule has 0 radical (unpaired) electrons. The number of carbonyl (C=O) groups excluding carboxylic acids is 2. The number of nitrogens with zero attached hydrogens (tertiary/aromatic N) is 3. The maximum absolute atomic E-state index is 12.9. The predicted octanol–water partition coefficient (Wildman–Crippen LogP) is 4.51. The van der Waals surface area contributed by atoms with Crippen LogP contribution in [0.15, 0.2) is 82.6 Å². The highest BCUT2D eigenvalue weighted by atomic mass is 32.1. The van der Waals surface area contributed by atoms with Crippen molar-refractivity contribution < 1.29 is 14.3 Å². The van der Waals surface area contributed by atoms with E-state index in [1.54, 1.807) is 66.7 Å². The van der Waals surface area contributed by atoms with Gasteiger partial charge in [-0.15, -0.1) is 12.6 Å². The normalized spacial score (nSPS) is 13.1. The first kappa shape index (κ1) is 27.2. The summed E-state index contributed by atoms with van der Waals surface area (Å²) < 4.78 is 6.79. The third kappa shape index (κ3) is 5.93. The summed E-state index contributed by atoms with van der Waals surface area (Å²) in [5, 5.41) is 6.06. The van der Waals surface area contributed by atoms with Gasteiger partial charge in [-0.2, -0.15) is 0 Å². The van der Waals surface area contributed by atoms with Crippen LogP contribution in [0.4, 0.5) is 17.2 Å².